The number of piperidine rings is 1. The van der Waals surface area contributed by atoms with Crippen LogP contribution >= 0.6 is 0 Å². The van der Waals surface area contributed by atoms with Crippen LogP contribution in [0.5, 0.6) is 0 Å². The van der Waals surface area contributed by atoms with Gasteiger partial charge in [-0.15, -0.1) is 0 Å². The van der Waals surface area contributed by atoms with Gasteiger partial charge >= 0.3 is 0 Å². The summed E-state index contributed by atoms with van der Waals surface area (Å²) in [5.41, 5.74) is 0.735. The lowest BCUT2D eigenvalue weighted by molar-refractivity contribution is 0.00553. The number of nitrogens with one attached hydrogen (secondary N) is 1. The van der Waals surface area contributed by atoms with Crippen molar-refractivity contribution in [2.24, 2.45) is 11.3 Å². The molecule has 2 fully saturated rings. The number of nitrogens with zero attached hydrogens (tertiary/aromatic N) is 1. The van der Waals surface area contributed by atoms with E-state index in [4.69, 9.17) is 0 Å². The minimum atomic E-state index is 0.735. The Morgan fingerprint density at radius 3 is 2.41 bits per heavy atom. The van der Waals surface area contributed by atoms with E-state index in [1.165, 1.54) is 58.3 Å². The highest BCUT2D eigenvalue weighted by Gasteiger charge is 2.45. The Morgan fingerprint density at radius 2 is 1.88 bits per heavy atom. The highest BCUT2D eigenvalue weighted by molar-refractivity contribution is 5.00. The number of hydrogen-bond acceptors (Lipinski definition) is 2. The van der Waals surface area contributed by atoms with Gasteiger partial charge < -0.3 is 10.2 Å². The fourth-order valence-corrected chi connectivity index (χ4v) is 3.51. The van der Waals surface area contributed by atoms with Gasteiger partial charge in [-0.25, -0.2) is 0 Å². The Balaban J connectivity index is 1.65. The summed E-state index contributed by atoms with van der Waals surface area (Å²) in [7, 11) is 0. The summed E-state index contributed by atoms with van der Waals surface area (Å²) in [4.78, 5) is 2.65. The molecule has 100 valence electrons. The first kappa shape index (κ1) is 13.4. The van der Waals surface area contributed by atoms with Gasteiger partial charge in [-0.2, -0.15) is 0 Å². The normalized spacial score (nSPS) is 25.4. The summed E-state index contributed by atoms with van der Waals surface area (Å²) in [6.07, 6.45) is 7.10. The van der Waals surface area contributed by atoms with Gasteiger partial charge in [0.05, 0.1) is 0 Å². The van der Waals surface area contributed by atoms with Gasteiger partial charge in [-0.1, -0.05) is 20.8 Å². The second kappa shape index (κ2) is 5.71. The van der Waals surface area contributed by atoms with Crippen LogP contribution in [0.3, 0.4) is 0 Å². The highest BCUT2D eigenvalue weighted by Crippen LogP contribution is 2.49. The summed E-state index contributed by atoms with van der Waals surface area (Å²) in [6.45, 7) is 12.1. The van der Waals surface area contributed by atoms with Crippen molar-refractivity contribution >= 4 is 0 Å². The Hall–Kier alpha value is -0.0800. The SMILES string of the molecule is CCCN1CCC2(CC1)CC(NCC(C)C)C2. The zero-order valence-electron chi connectivity index (χ0n) is 12.0. The third-order valence-corrected chi connectivity index (χ3v) is 4.63. The van der Waals surface area contributed by atoms with Crippen molar-refractivity contribution in [1.29, 1.82) is 0 Å². The molecule has 0 bridgehead atoms. The Bertz CT molecular complexity index is 221. The average molecular weight is 238 g/mol. The van der Waals surface area contributed by atoms with Crippen molar-refractivity contribution in [3.63, 3.8) is 0 Å². The molecule has 1 heterocycles. The summed E-state index contributed by atoms with van der Waals surface area (Å²) < 4.78 is 0. The standard InChI is InChI=1S/C15H30N2/c1-4-7-17-8-5-15(6-9-17)10-14(11-15)16-12-13(2)3/h13-14,16H,4-12H2,1-3H3. The second-order valence-electron chi connectivity index (χ2n) is 6.75. The van der Waals surface area contributed by atoms with Crippen LogP contribution in [0.25, 0.3) is 0 Å². The lowest BCUT2D eigenvalue weighted by Crippen LogP contribution is -2.54. The van der Waals surface area contributed by atoms with Gasteiger partial charge in [-0.3, -0.25) is 0 Å². The van der Waals surface area contributed by atoms with Gasteiger partial charge in [-0.05, 0) is 69.6 Å². The van der Waals surface area contributed by atoms with Crippen LogP contribution in [-0.4, -0.2) is 37.1 Å². The van der Waals surface area contributed by atoms with Gasteiger partial charge in [0.2, 0.25) is 0 Å². The van der Waals surface area contributed by atoms with Crippen molar-refractivity contribution in [3.8, 4) is 0 Å². The average Bonchev–Trinajstić information content (AvgIpc) is 2.26. The minimum Gasteiger partial charge on any atom is -0.314 e. The molecule has 0 unspecified atom stereocenters. The molecular formula is C15H30N2. The molecular weight excluding hydrogens is 208 g/mol. The van der Waals surface area contributed by atoms with Crippen molar-refractivity contribution in [3.05, 3.63) is 0 Å². The van der Waals surface area contributed by atoms with Gasteiger partial charge in [0.1, 0.15) is 0 Å². The quantitative estimate of drug-likeness (QED) is 0.792. The molecule has 0 aromatic carbocycles. The number of hydrogen-bond donors (Lipinski definition) is 1. The molecule has 1 saturated heterocycles. The third-order valence-electron chi connectivity index (χ3n) is 4.63. The maximum Gasteiger partial charge on any atom is 0.00778 e. The van der Waals surface area contributed by atoms with E-state index in [2.05, 4.69) is 31.0 Å². The zero-order valence-corrected chi connectivity index (χ0v) is 12.0. The maximum atomic E-state index is 3.71. The first-order valence-electron chi connectivity index (χ1n) is 7.59. The molecule has 0 radical (unpaired) electrons. The van der Waals surface area contributed by atoms with E-state index in [-0.39, 0.29) is 0 Å². The maximum absolute atomic E-state index is 3.71. The van der Waals surface area contributed by atoms with E-state index >= 15 is 0 Å². The Kier molecular flexibility index (Phi) is 4.48. The predicted octanol–water partition coefficient (Wildman–Crippen LogP) is 2.89. The highest BCUT2D eigenvalue weighted by atomic mass is 15.1. The lowest BCUT2D eigenvalue weighted by atomic mass is 9.60. The molecule has 0 aromatic heterocycles. The molecule has 2 rings (SSSR count). The Labute approximate surface area is 107 Å². The fraction of sp³-hybridized carbons (Fsp3) is 1.00. The largest absolute Gasteiger partial charge is 0.314 e. The fourth-order valence-electron chi connectivity index (χ4n) is 3.51. The molecule has 0 atom stereocenters. The molecule has 1 aliphatic carbocycles. The molecule has 0 amide bonds. The van der Waals surface area contributed by atoms with Crippen molar-refractivity contribution in [2.75, 3.05) is 26.2 Å². The third kappa shape index (κ3) is 3.45. The molecule has 1 N–H and O–H groups in total. The zero-order chi connectivity index (χ0) is 12.3. The van der Waals surface area contributed by atoms with Crippen LogP contribution in [0.1, 0.15) is 52.9 Å². The number of likely N-dealkylation sites (tertiary alicyclic amines) is 1. The van der Waals surface area contributed by atoms with E-state index in [9.17, 15) is 0 Å². The summed E-state index contributed by atoms with van der Waals surface area (Å²) >= 11 is 0. The van der Waals surface area contributed by atoms with Gasteiger partial charge in [0, 0.05) is 6.04 Å². The van der Waals surface area contributed by atoms with E-state index in [0.29, 0.717) is 0 Å². The van der Waals surface area contributed by atoms with Gasteiger partial charge in [0.15, 0.2) is 0 Å². The summed E-state index contributed by atoms with van der Waals surface area (Å²) in [6, 6.07) is 0.829. The predicted molar refractivity (Wildman–Crippen MR) is 74.3 cm³/mol. The first-order valence-corrected chi connectivity index (χ1v) is 7.59. The van der Waals surface area contributed by atoms with E-state index < -0.39 is 0 Å². The van der Waals surface area contributed by atoms with Crippen molar-refractivity contribution in [1.82, 2.24) is 10.2 Å². The smallest absolute Gasteiger partial charge is 0.00778 e. The minimum absolute atomic E-state index is 0.735. The van der Waals surface area contributed by atoms with Crippen LogP contribution in [0.2, 0.25) is 0 Å². The van der Waals surface area contributed by atoms with Crippen LogP contribution in [0.15, 0.2) is 0 Å². The topological polar surface area (TPSA) is 15.3 Å². The monoisotopic (exact) mass is 238 g/mol. The second-order valence-corrected chi connectivity index (χ2v) is 6.75. The summed E-state index contributed by atoms with van der Waals surface area (Å²) in [5.74, 6) is 0.790. The van der Waals surface area contributed by atoms with Crippen molar-refractivity contribution < 1.29 is 0 Å². The molecule has 1 aliphatic heterocycles. The van der Waals surface area contributed by atoms with E-state index in [1.54, 1.807) is 0 Å². The molecule has 2 nitrogen and oxygen atoms in total. The molecule has 17 heavy (non-hydrogen) atoms. The number of rotatable bonds is 5. The van der Waals surface area contributed by atoms with Crippen LogP contribution < -0.4 is 5.32 Å². The van der Waals surface area contributed by atoms with E-state index in [1.807, 2.05) is 0 Å². The van der Waals surface area contributed by atoms with E-state index in [0.717, 1.165) is 17.4 Å². The summed E-state index contributed by atoms with van der Waals surface area (Å²) in [5, 5.41) is 3.71. The van der Waals surface area contributed by atoms with Crippen molar-refractivity contribution in [2.45, 2.75) is 58.9 Å². The Morgan fingerprint density at radius 1 is 1.24 bits per heavy atom. The van der Waals surface area contributed by atoms with Crippen LogP contribution in [-0.2, 0) is 0 Å². The molecule has 2 heteroatoms. The molecule has 0 aromatic rings. The van der Waals surface area contributed by atoms with Crippen LogP contribution in [0.4, 0.5) is 0 Å². The molecule has 1 spiro atoms. The van der Waals surface area contributed by atoms with Gasteiger partial charge in [0.25, 0.3) is 0 Å². The lowest BCUT2D eigenvalue weighted by Gasteiger charge is -2.52. The van der Waals surface area contributed by atoms with Crippen LogP contribution in [0, 0.1) is 11.3 Å². The molecule has 1 saturated carbocycles. The molecule has 2 aliphatic rings. The first-order chi connectivity index (χ1) is 8.13.